The second-order valence-corrected chi connectivity index (χ2v) is 5.29. The van der Waals surface area contributed by atoms with Crippen molar-refractivity contribution in [2.75, 3.05) is 0 Å². The van der Waals surface area contributed by atoms with Gasteiger partial charge in [-0.05, 0) is 38.5 Å². The second kappa shape index (κ2) is 4.70. The van der Waals surface area contributed by atoms with Crippen LogP contribution in [0, 0.1) is 11.2 Å². The average molecular weight is 278 g/mol. The molecule has 1 fully saturated rings. The number of carbonyl (C=O) groups is 3. The summed E-state index contributed by atoms with van der Waals surface area (Å²) in [5.74, 6) is -1.67. The smallest absolute Gasteiger partial charge is 0.277 e. The van der Waals surface area contributed by atoms with Gasteiger partial charge < -0.3 is 0 Å². The number of benzene rings is 1. The van der Waals surface area contributed by atoms with Crippen molar-refractivity contribution in [1.82, 2.24) is 10.2 Å². The van der Waals surface area contributed by atoms with Crippen LogP contribution in [0.5, 0.6) is 0 Å². The van der Waals surface area contributed by atoms with E-state index in [0.29, 0.717) is 5.56 Å². The van der Waals surface area contributed by atoms with Crippen molar-refractivity contribution in [3.05, 3.63) is 35.6 Å². The molecule has 0 bridgehead atoms. The van der Waals surface area contributed by atoms with E-state index in [0.717, 1.165) is 4.90 Å². The van der Waals surface area contributed by atoms with Gasteiger partial charge in [-0.25, -0.2) is 9.18 Å². The first-order chi connectivity index (χ1) is 9.25. The Kier molecular flexibility index (Phi) is 3.33. The second-order valence-electron chi connectivity index (χ2n) is 5.29. The van der Waals surface area contributed by atoms with Crippen molar-refractivity contribution < 1.29 is 18.8 Å². The third kappa shape index (κ3) is 2.17. The largest absolute Gasteiger partial charge is 0.331 e. The minimum atomic E-state index is -1.32. The summed E-state index contributed by atoms with van der Waals surface area (Å²) in [4.78, 5) is 36.8. The van der Waals surface area contributed by atoms with E-state index in [-0.39, 0.29) is 0 Å². The van der Waals surface area contributed by atoms with Crippen LogP contribution in [0.2, 0.25) is 0 Å². The van der Waals surface area contributed by atoms with Crippen molar-refractivity contribution in [2.45, 2.75) is 26.8 Å². The lowest BCUT2D eigenvalue weighted by Crippen LogP contribution is -2.62. The van der Waals surface area contributed by atoms with E-state index in [4.69, 9.17) is 0 Å². The zero-order valence-electron chi connectivity index (χ0n) is 11.4. The van der Waals surface area contributed by atoms with E-state index in [1.165, 1.54) is 32.0 Å². The Morgan fingerprint density at radius 2 is 1.90 bits per heavy atom. The SMILES string of the molecule is CC(c1cccc(F)c1)N1C(=O)NC(=O)C(C)(C)C1=O. The molecule has 0 saturated carbocycles. The maximum Gasteiger partial charge on any atom is 0.331 e. The molecule has 2 rings (SSSR count). The zero-order valence-corrected chi connectivity index (χ0v) is 11.4. The van der Waals surface area contributed by atoms with E-state index >= 15 is 0 Å². The summed E-state index contributed by atoms with van der Waals surface area (Å²) < 4.78 is 13.2. The van der Waals surface area contributed by atoms with Gasteiger partial charge in [-0.15, -0.1) is 0 Å². The summed E-state index contributed by atoms with van der Waals surface area (Å²) >= 11 is 0. The molecule has 0 radical (unpaired) electrons. The third-order valence-electron chi connectivity index (χ3n) is 3.48. The highest BCUT2D eigenvalue weighted by atomic mass is 19.1. The maximum absolute atomic E-state index is 13.2. The third-order valence-corrected chi connectivity index (χ3v) is 3.48. The molecule has 1 N–H and O–H groups in total. The summed E-state index contributed by atoms with van der Waals surface area (Å²) in [5.41, 5.74) is -0.839. The normalized spacial score (nSPS) is 19.8. The van der Waals surface area contributed by atoms with Gasteiger partial charge in [0.1, 0.15) is 11.2 Å². The molecule has 5 nitrogen and oxygen atoms in total. The summed E-state index contributed by atoms with van der Waals surface area (Å²) in [7, 11) is 0. The minimum absolute atomic E-state index is 0.449. The fourth-order valence-corrected chi connectivity index (χ4v) is 2.07. The fraction of sp³-hybridized carbons (Fsp3) is 0.357. The standard InChI is InChI=1S/C14H15FN2O3/c1-8(9-5-4-6-10(15)7-9)17-12(19)14(2,3)11(18)16-13(17)20/h4-8H,1-3H3,(H,16,18,20). The van der Waals surface area contributed by atoms with Crippen molar-refractivity contribution in [3.63, 3.8) is 0 Å². The molecule has 1 saturated heterocycles. The van der Waals surface area contributed by atoms with Crippen LogP contribution in [0.1, 0.15) is 32.4 Å². The predicted molar refractivity (Wildman–Crippen MR) is 69.0 cm³/mol. The highest BCUT2D eigenvalue weighted by molar-refractivity contribution is 6.18. The van der Waals surface area contributed by atoms with E-state index in [9.17, 15) is 18.8 Å². The van der Waals surface area contributed by atoms with Gasteiger partial charge in [0, 0.05) is 0 Å². The molecular weight excluding hydrogens is 263 g/mol. The first-order valence-corrected chi connectivity index (χ1v) is 6.19. The van der Waals surface area contributed by atoms with E-state index in [1.54, 1.807) is 13.0 Å². The van der Waals surface area contributed by atoms with Crippen LogP contribution in [-0.4, -0.2) is 22.7 Å². The monoisotopic (exact) mass is 278 g/mol. The van der Waals surface area contributed by atoms with E-state index in [1.807, 2.05) is 0 Å². The summed E-state index contributed by atoms with van der Waals surface area (Å²) in [5, 5.41) is 2.15. The lowest BCUT2D eigenvalue weighted by Gasteiger charge is -2.37. The molecule has 1 aromatic carbocycles. The van der Waals surface area contributed by atoms with Crippen molar-refractivity contribution in [3.8, 4) is 0 Å². The number of barbiturate groups is 1. The minimum Gasteiger partial charge on any atom is -0.277 e. The van der Waals surface area contributed by atoms with Gasteiger partial charge in [-0.1, -0.05) is 12.1 Å². The van der Waals surface area contributed by atoms with Crippen LogP contribution in [0.4, 0.5) is 9.18 Å². The summed E-state index contributed by atoms with van der Waals surface area (Å²) in [6, 6.07) is 4.22. The number of hydrogen-bond acceptors (Lipinski definition) is 3. The van der Waals surface area contributed by atoms with Crippen LogP contribution in [-0.2, 0) is 9.59 Å². The molecule has 4 amide bonds. The van der Waals surface area contributed by atoms with Crippen molar-refractivity contribution in [2.24, 2.45) is 5.41 Å². The van der Waals surface area contributed by atoms with Crippen molar-refractivity contribution >= 4 is 17.8 Å². The average Bonchev–Trinajstić information content (AvgIpc) is 2.37. The molecule has 20 heavy (non-hydrogen) atoms. The number of hydrogen-bond donors (Lipinski definition) is 1. The first kappa shape index (κ1) is 14.2. The van der Waals surface area contributed by atoms with Crippen LogP contribution in [0.25, 0.3) is 0 Å². The molecule has 1 aromatic rings. The Morgan fingerprint density at radius 1 is 1.25 bits per heavy atom. The van der Waals surface area contributed by atoms with Gasteiger partial charge >= 0.3 is 6.03 Å². The summed E-state index contributed by atoms with van der Waals surface area (Å²) in [6.07, 6.45) is 0. The van der Waals surface area contributed by atoms with Gasteiger partial charge in [0.15, 0.2) is 0 Å². The van der Waals surface area contributed by atoms with Crippen LogP contribution in [0.3, 0.4) is 0 Å². The van der Waals surface area contributed by atoms with Gasteiger partial charge in [0.2, 0.25) is 11.8 Å². The molecule has 106 valence electrons. The quantitative estimate of drug-likeness (QED) is 0.841. The number of nitrogens with one attached hydrogen (secondary N) is 1. The lowest BCUT2D eigenvalue weighted by molar-refractivity contribution is -0.150. The van der Waals surface area contributed by atoms with E-state index < -0.39 is 35.1 Å². The van der Waals surface area contributed by atoms with Crippen LogP contribution >= 0.6 is 0 Å². The number of carbonyl (C=O) groups excluding carboxylic acids is 3. The molecule has 1 unspecified atom stereocenters. The number of imide groups is 2. The van der Waals surface area contributed by atoms with Crippen molar-refractivity contribution in [1.29, 1.82) is 0 Å². The van der Waals surface area contributed by atoms with Crippen LogP contribution < -0.4 is 5.32 Å². The lowest BCUT2D eigenvalue weighted by atomic mass is 9.87. The molecule has 0 spiro atoms. The maximum atomic E-state index is 13.2. The highest BCUT2D eigenvalue weighted by Crippen LogP contribution is 2.30. The summed E-state index contributed by atoms with van der Waals surface area (Å²) in [6.45, 7) is 4.50. The molecule has 1 heterocycles. The topological polar surface area (TPSA) is 66.5 Å². The number of nitrogens with zero attached hydrogens (tertiary/aromatic N) is 1. The molecular formula is C14H15FN2O3. The number of rotatable bonds is 2. The highest BCUT2D eigenvalue weighted by Gasteiger charge is 2.48. The Labute approximate surface area is 115 Å². The first-order valence-electron chi connectivity index (χ1n) is 6.19. The molecule has 1 aliphatic rings. The molecule has 6 heteroatoms. The molecule has 0 aromatic heterocycles. The van der Waals surface area contributed by atoms with Gasteiger partial charge in [-0.2, -0.15) is 0 Å². The fourth-order valence-electron chi connectivity index (χ4n) is 2.07. The molecule has 1 atom stereocenters. The van der Waals surface area contributed by atoms with E-state index in [2.05, 4.69) is 5.32 Å². The van der Waals surface area contributed by atoms with Gasteiger partial charge in [0.25, 0.3) is 0 Å². The Hall–Kier alpha value is -2.24. The number of amides is 4. The number of halogens is 1. The van der Waals surface area contributed by atoms with Gasteiger partial charge in [0.05, 0.1) is 6.04 Å². The van der Waals surface area contributed by atoms with Crippen LogP contribution in [0.15, 0.2) is 24.3 Å². The van der Waals surface area contributed by atoms with Gasteiger partial charge in [-0.3, -0.25) is 19.8 Å². The Bertz CT molecular complexity index is 598. The zero-order chi connectivity index (χ0) is 15.1. The Morgan fingerprint density at radius 3 is 2.50 bits per heavy atom. The molecule has 1 aliphatic heterocycles. The molecule has 0 aliphatic carbocycles. The Balaban J connectivity index is 2.38. The number of urea groups is 1. The predicted octanol–water partition coefficient (Wildman–Crippen LogP) is 1.99.